The highest BCUT2D eigenvalue weighted by atomic mass is 15.3. The molecule has 3 heteroatoms. The van der Waals surface area contributed by atoms with Gasteiger partial charge in [0.05, 0.1) is 0 Å². The maximum absolute atomic E-state index is 3.80. The number of rotatable bonds is 4. The SMILES string of the molecule is CC1CCCC(NCCN2CCN3CCCC3C2)C1. The summed E-state index contributed by atoms with van der Waals surface area (Å²) in [4.78, 5) is 5.39. The van der Waals surface area contributed by atoms with Crippen LogP contribution < -0.4 is 5.32 Å². The molecule has 1 saturated carbocycles. The minimum Gasteiger partial charge on any atom is -0.313 e. The van der Waals surface area contributed by atoms with E-state index in [0.29, 0.717) is 0 Å². The Bertz CT molecular complexity index is 281. The van der Waals surface area contributed by atoms with Gasteiger partial charge in [-0.05, 0) is 38.1 Å². The molecule has 0 aromatic carbocycles. The van der Waals surface area contributed by atoms with E-state index in [1.165, 1.54) is 77.8 Å². The van der Waals surface area contributed by atoms with Crippen molar-refractivity contribution in [3.05, 3.63) is 0 Å². The molecular weight excluding hydrogens is 234 g/mol. The fourth-order valence-corrected chi connectivity index (χ4v) is 4.30. The molecule has 110 valence electrons. The van der Waals surface area contributed by atoms with Crippen LogP contribution in [0.1, 0.15) is 45.4 Å². The van der Waals surface area contributed by atoms with Gasteiger partial charge < -0.3 is 5.32 Å². The van der Waals surface area contributed by atoms with Crippen molar-refractivity contribution in [1.29, 1.82) is 0 Å². The summed E-state index contributed by atoms with van der Waals surface area (Å²) in [5.41, 5.74) is 0. The van der Waals surface area contributed by atoms with Crippen molar-refractivity contribution in [2.24, 2.45) is 5.92 Å². The summed E-state index contributed by atoms with van der Waals surface area (Å²) in [5, 5.41) is 3.80. The summed E-state index contributed by atoms with van der Waals surface area (Å²) in [6.45, 7) is 10.1. The first-order valence-corrected chi connectivity index (χ1v) is 8.51. The second-order valence-electron chi connectivity index (χ2n) is 7.06. The highest BCUT2D eigenvalue weighted by Crippen LogP contribution is 2.23. The van der Waals surface area contributed by atoms with Crippen LogP contribution in [-0.4, -0.2) is 61.2 Å². The summed E-state index contributed by atoms with van der Waals surface area (Å²) in [5.74, 6) is 0.938. The third kappa shape index (κ3) is 3.71. The average Bonchev–Trinajstić information content (AvgIpc) is 2.86. The lowest BCUT2D eigenvalue weighted by atomic mass is 9.87. The Labute approximate surface area is 118 Å². The van der Waals surface area contributed by atoms with Crippen molar-refractivity contribution in [3.8, 4) is 0 Å². The summed E-state index contributed by atoms with van der Waals surface area (Å²) < 4.78 is 0. The predicted molar refractivity (Wildman–Crippen MR) is 80.5 cm³/mol. The summed E-state index contributed by atoms with van der Waals surface area (Å²) in [7, 11) is 0. The van der Waals surface area contributed by atoms with E-state index in [9.17, 15) is 0 Å². The molecule has 2 aliphatic heterocycles. The highest BCUT2D eigenvalue weighted by Gasteiger charge is 2.30. The molecule has 0 spiro atoms. The normalized spacial score (nSPS) is 37.4. The van der Waals surface area contributed by atoms with Crippen molar-refractivity contribution in [2.75, 3.05) is 39.3 Å². The Hall–Kier alpha value is -0.120. The van der Waals surface area contributed by atoms with E-state index in [1.807, 2.05) is 0 Å². The zero-order valence-electron chi connectivity index (χ0n) is 12.6. The first-order chi connectivity index (χ1) is 9.31. The van der Waals surface area contributed by atoms with Crippen LogP contribution in [0.5, 0.6) is 0 Å². The third-order valence-corrected chi connectivity index (χ3v) is 5.47. The van der Waals surface area contributed by atoms with Gasteiger partial charge in [-0.2, -0.15) is 0 Å². The maximum atomic E-state index is 3.80. The van der Waals surface area contributed by atoms with Gasteiger partial charge in [0.1, 0.15) is 0 Å². The van der Waals surface area contributed by atoms with Gasteiger partial charge in [-0.1, -0.05) is 19.8 Å². The van der Waals surface area contributed by atoms with Crippen LogP contribution in [0.2, 0.25) is 0 Å². The van der Waals surface area contributed by atoms with Crippen LogP contribution in [0.25, 0.3) is 0 Å². The Morgan fingerprint density at radius 3 is 2.89 bits per heavy atom. The molecule has 3 atom stereocenters. The summed E-state index contributed by atoms with van der Waals surface area (Å²) in [6, 6.07) is 1.68. The molecule has 3 aliphatic rings. The van der Waals surface area contributed by atoms with Crippen molar-refractivity contribution < 1.29 is 0 Å². The van der Waals surface area contributed by atoms with Crippen LogP contribution in [0.3, 0.4) is 0 Å². The zero-order chi connectivity index (χ0) is 13.1. The molecular formula is C16H31N3. The molecule has 19 heavy (non-hydrogen) atoms. The van der Waals surface area contributed by atoms with Crippen molar-refractivity contribution in [1.82, 2.24) is 15.1 Å². The standard InChI is InChI=1S/C16H31N3/c1-14-4-2-5-15(12-14)17-7-9-18-10-11-19-8-3-6-16(19)13-18/h14-17H,2-13H2,1H3. The number of nitrogens with one attached hydrogen (secondary N) is 1. The minimum absolute atomic E-state index is 0.802. The number of nitrogens with zero attached hydrogens (tertiary/aromatic N) is 2. The van der Waals surface area contributed by atoms with Gasteiger partial charge in [-0.3, -0.25) is 9.80 Å². The molecule has 2 saturated heterocycles. The van der Waals surface area contributed by atoms with Crippen LogP contribution >= 0.6 is 0 Å². The van der Waals surface area contributed by atoms with E-state index in [2.05, 4.69) is 22.0 Å². The van der Waals surface area contributed by atoms with Crippen LogP contribution in [0.4, 0.5) is 0 Å². The number of fused-ring (bicyclic) bond motifs is 1. The second-order valence-corrected chi connectivity index (χ2v) is 7.06. The molecule has 2 heterocycles. The van der Waals surface area contributed by atoms with E-state index < -0.39 is 0 Å². The van der Waals surface area contributed by atoms with Gasteiger partial charge in [0.25, 0.3) is 0 Å². The van der Waals surface area contributed by atoms with Gasteiger partial charge in [-0.25, -0.2) is 0 Å². The molecule has 0 amide bonds. The van der Waals surface area contributed by atoms with Crippen molar-refractivity contribution in [2.45, 2.75) is 57.5 Å². The summed E-state index contributed by atoms with van der Waals surface area (Å²) >= 11 is 0. The first-order valence-electron chi connectivity index (χ1n) is 8.51. The lowest BCUT2D eigenvalue weighted by molar-refractivity contribution is 0.104. The molecule has 3 rings (SSSR count). The Morgan fingerprint density at radius 1 is 1.05 bits per heavy atom. The fourth-order valence-electron chi connectivity index (χ4n) is 4.30. The van der Waals surface area contributed by atoms with E-state index >= 15 is 0 Å². The largest absolute Gasteiger partial charge is 0.313 e. The Morgan fingerprint density at radius 2 is 2.00 bits per heavy atom. The van der Waals surface area contributed by atoms with E-state index in [0.717, 1.165) is 18.0 Å². The molecule has 0 aromatic rings. The molecule has 0 bridgehead atoms. The third-order valence-electron chi connectivity index (χ3n) is 5.47. The fraction of sp³-hybridized carbons (Fsp3) is 1.00. The van der Waals surface area contributed by atoms with Crippen LogP contribution in [0, 0.1) is 5.92 Å². The van der Waals surface area contributed by atoms with Gasteiger partial charge >= 0.3 is 0 Å². The number of hydrogen-bond acceptors (Lipinski definition) is 3. The Kier molecular flexibility index (Phi) is 4.78. The van der Waals surface area contributed by atoms with Gasteiger partial charge in [0.2, 0.25) is 0 Å². The zero-order valence-corrected chi connectivity index (χ0v) is 12.6. The molecule has 3 unspecified atom stereocenters. The first kappa shape index (κ1) is 13.8. The lowest BCUT2D eigenvalue weighted by Crippen LogP contribution is -2.51. The van der Waals surface area contributed by atoms with Crippen molar-refractivity contribution >= 4 is 0 Å². The van der Waals surface area contributed by atoms with Crippen molar-refractivity contribution in [3.63, 3.8) is 0 Å². The smallest absolute Gasteiger partial charge is 0.0224 e. The molecule has 0 radical (unpaired) electrons. The number of piperazine rings is 1. The summed E-state index contributed by atoms with van der Waals surface area (Å²) in [6.07, 6.45) is 8.54. The second kappa shape index (κ2) is 6.55. The Balaban J connectivity index is 1.34. The highest BCUT2D eigenvalue weighted by molar-refractivity contribution is 4.87. The monoisotopic (exact) mass is 265 g/mol. The van der Waals surface area contributed by atoms with Gasteiger partial charge in [0, 0.05) is 44.8 Å². The van der Waals surface area contributed by atoms with Crippen LogP contribution in [0.15, 0.2) is 0 Å². The van der Waals surface area contributed by atoms with E-state index in [4.69, 9.17) is 0 Å². The molecule has 1 aliphatic carbocycles. The minimum atomic E-state index is 0.802. The molecule has 1 N–H and O–H groups in total. The molecule has 3 nitrogen and oxygen atoms in total. The number of hydrogen-bond donors (Lipinski definition) is 1. The molecule has 0 aromatic heterocycles. The predicted octanol–water partition coefficient (Wildman–Crippen LogP) is 1.93. The molecule has 3 fully saturated rings. The quantitative estimate of drug-likeness (QED) is 0.838. The van der Waals surface area contributed by atoms with Gasteiger partial charge in [0.15, 0.2) is 0 Å². The maximum Gasteiger partial charge on any atom is 0.0224 e. The topological polar surface area (TPSA) is 18.5 Å². The van der Waals surface area contributed by atoms with E-state index in [-0.39, 0.29) is 0 Å². The lowest BCUT2D eigenvalue weighted by Gasteiger charge is -2.38. The van der Waals surface area contributed by atoms with Gasteiger partial charge in [-0.15, -0.1) is 0 Å². The van der Waals surface area contributed by atoms with Crippen LogP contribution in [-0.2, 0) is 0 Å². The average molecular weight is 265 g/mol. The van der Waals surface area contributed by atoms with E-state index in [1.54, 1.807) is 0 Å².